The second-order valence-corrected chi connectivity index (χ2v) is 8.59. The fourth-order valence-corrected chi connectivity index (χ4v) is 4.19. The van der Waals surface area contributed by atoms with E-state index in [1.165, 1.54) is 22.3 Å². The van der Waals surface area contributed by atoms with Crippen LogP contribution in [0.15, 0.2) is 69.5 Å². The van der Waals surface area contributed by atoms with Crippen LogP contribution in [0.2, 0.25) is 0 Å². The van der Waals surface area contributed by atoms with E-state index in [9.17, 15) is 0 Å². The van der Waals surface area contributed by atoms with Crippen LogP contribution in [0.4, 0.5) is 0 Å². The van der Waals surface area contributed by atoms with E-state index >= 15 is 0 Å². The van der Waals surface area contributed by atoms with E-state index < -0.39 is 0 Å². The average molecular weight is 418 g/mol. The third-order valence-electron chi connectivity index (χ3n) is 6.37. The molecule has 6 rings (SSSR count). The summed E-state index contributed by atoms with van der Waals surface area (Å²) in [4.78, 5) is 9.53. The summed E-state index contributed by atoms with van der Waals surface area (Å²) >= 11 is 0. The lowest BCUT2D eigenvalue weighted by Crippen LogP contribution is -1.84. The van der Waals surface area contributed by atoms with Crippen LogP contribution in [0.1, 0.15) is 22.3 Å². The molecule has 4 aromatic carbocycles. The minimum absolute atomic E-state index is 0.616. The molecule has 32 heavy (non-hydrogen) atoms. The van der Waals surface area contributed by atoms with Crippen LogP contribution in [0.3, 0.4) is 0 Å². The quantitative estimate of drug-likeness (QED) is 0.289. The van der Waals surface area contributed by atoms with E-state index in [4.69, 9.17) is 18.8 Å². The summed E-state index contributed by atoms with van der Waals surface area (Å²) in [5.41, 5.74) is 10.1. The Bertz CT molecular complexity index is 1590. The predicted octanol–water partition coefficient (Wildman–Crippen LogP) is 7.69. The fourth-order valence-electron chi connectivity index (χ4n) is 4.19. The SMILES string of the molecule is Cc1cc2nc(-c3ccc4cccc(-c5nc6cc(C)c(C)cc6o5)c4c3)oc2cc1C. The Balaban J connectivity index is 1.53. The number of hydrogen-bond acceptors (Lipinski definition) is 4. The molecule has 0 saturated carbocycles. The largest absolute Gasteiger partial charge is 0.436 e. The molecule has 0 bridgehead atoms. The van der Waals surface area contributed by atoms with Crippen molar-refractivity contribution in [2.75, 3.05) is 0 Å². The molecular formula is C28H22N2O2. The number of benzene rings is 4. The zero-order chi connectivity index (χ0) is 22.0. The van der Waals surface area contributed by atoms with E-state index in [2.05, 4.69) is 82.3 Å². The second kappa shape index (κ2) is 6.79. The Morgan fingerprint density at radius 2 is 1.19 bits per heavy atom. The van der Waals surface area contributed by atoms with Crippen LogP contribution in [-0.2, 0) is 0 Å². The lowest BCUT2D eigenvalue weighted by atomic mass is 10.0. The van der Waals surface area contributed by atoms with Crippen molar-refractivity contribution in [1.82, 2.24) is 9.97 Å². The monoisotopic (exact) mass is 418 g/mol. The molecule has 6 aromatic rings. The molecule has 0 radical (unpaired) electrons. The van der Waals surface area contributed by atoms with Crippen molar-refractivity contribution in [2.45, 2.75) is 27.7 Å². The third kappa shape index (κ3) is 2.91. The first-order chi connectivity index (χ1) is 15.5. The van der Waals surface area contributed by atoms with Crippen molar-refractivity contribution < 1.29 is 8.83 Å². The number of hydrogen-bond donors (Lipinski definition) is 0. The summed E-state index contributed by atoms with van der Waals surface area (Å²) in [6.45, 7) is 8.36. The van der Waals surface area contributed by atoms with Crippen LogP contribution in [-0.4, -0.2) is 9.97 Å². The fraction of sp³-hybridized carbons (Fsp3) is 0.143. The Hall–Kier alpha value is -3.92. The Kier molecular flexibility index (Phi) is 3.99. The number of fused-ring (bicyclic) bond motifs is 3. The molecule has 0 atom stereocenters. The maximum atomic E-state index is 6.17. The summed E-state index contributed by atoms with van der Waals surface area (Å²) in [5.74, 6) is 1.24. The highest BCUT2D eigenvalue weighted by molar-refractivity contribution is 5.98. The van der Waals surface area contributed by atoms with Gasteiger partial charge in [0, 0.05) is 11.1 Å². The van der Waals surface area contributed by atoms with Crippen molar-refractivity contribution in [2.24, 2.45) is 0 Å². The Morgan fingerprint density at radius 3 is 1.88 bits per heavy atom. The molecule has 0 saturated heterocycles. The van der Waals surface area contributed by atoms with Gasteiger partial charge in [0.05, 0.1) is 0 Å². The summed E-state index contributed by atoms with van der Waals surface area (Å²) in [6.07, 6.45) is 0. The lowest BCUT2D eigenvalue weighted by molar-refractivity contribution is 0.619. The molecule has 0 spiro atoms. The van der Waals surface area contributed by atoms with E-state index in [1.54, 1.807) is 0 Å². The van der Waals surface area contributed by atoms with E-state index in [1.807, 2.05) is 6.07 Å². The molecule has 2 aromatic heterocycles. The summed E-state index contributed by atoms with van der Waals surface area (Å²) in [6, 6.07) is 20.7. The maximum Gasteiger partial charge on any atom is 0.227 e. The molecule has 0 fully saturated rings. The molecule has 0 amide bonds. The molecule has 0 aliphatic carbocycles. The van der Waals surface area contributed by atoms with Crippen LogP contribution in [0.5, 0.6) is 0 Å². The van der Waals surface area contributed by atoms with Gasteiger partial charge in [0.25, 0.3) is 0 Å². The number of nitrogens with zero attached hydrogens (tertiary/aromatic N) is 2. The highest BCUT2D eigenvalue weighted by Crippen LogP contribution is 2.34. The van der Waals surface area contributed by atoms with Crippen LogP contribution < -0.4 is 0 Å². The predicted molar refractivity (Wildman–Crippen MR) is 129 cm³/mol. The van der Waals surface area contributed by atoms with Gasteiger partial charge in [-0.25, -0.2) is 9.97 Å². The maximum absolute atomic E-state index is 6.17. The van der Waals surface area contributed by atoms with Crippen molar-refractivity contribution in [3.05, 3.63) is 82.9 Å². The molecule has 2 heterocycles. The second-order valence-electron chi connectivity index (χ2n) is 8.59. The van der Waals surface area contributed by atoms with Crippen LogP contribution >= 0.6 is 0 Å². The molecule has 0 unspecified atom stereocenters. The first kappa shape index (κ1) is 18.8. The highest BCUT2D eigenvalue weighted by atomic mass is 16.4. The minimum atomic E-state index is 0.616. The molecular weight excluding hydrogens is 396 g/mol. The van der Waals surface area contributed by atoms with E-state index in [-0.39, 0.29) is 0 Å². The van der Waals surface area contributed by atoms with Gasteiger partial charge in [-0.05, 0) is 103 Å². The standard InChI is InChI=1S/C28H22N2O2/c1-15-10-23-25(12-17(15)3)31-27(29-23)20-9-8-19-6-5-7-21(22(19)14-20)28-30-24-11-16(2)18(4)13-26(24)32-28/h5-14H,1-4H3. The van der Waals surface area contributed by atoms with Crippen molar-refractivity contribution in [3.8, 4) is 22.9 Å². The Morgan fingerprint density at radius 1 is 0.594 bits per heavy atom. The third-order valence-corrected chi connectivity index (χ3v) is 6.37. The molecule has 0 aliphatic rings. The van der Waals surface area contributed by atoms with Gasteiger partial charge >= 0.3 is 0 Å². The summed E-state index contributed by atoms with van der Waals surface area (Å²) in [7, 11) is 0. The van der Waals surface area contributed by atoms with Crippen LogP contribution in [0.25, 0.3) is 55.9 Å². The Labute approximate surface area is 185 Å². The first-order valence-electron chi connectivity index (χ1n) is 10.8. The highest BCUT2D eigenvalue weighted by Gasteiger charge is 2.15. The zero-order valence-electron chi connectivity index (χ0n) is 18.5. The van der Waals surface area contributed by atoms with Crippen LogP contribution in [0, 0.1) is 27.7 Å². The van der Waals surface area contributed by atoms with Crippen molar-refractivity contribution in [1.29, 1.82) is 0 Å². The molecule has 4 heteroatoms. The van der Waals surface area contributed by atoms with E-state index in [0.717, 1.165) is 44.1 Å². The number of aryl methyl sites for hydroxylation is 4. The minimum Gasteiger partial charge on any atom is -0.436 e. The normalized spacial score (nSPS) is 11.8. The van der Waals surface area contributed by atoms with Gasteiger partial charge in [-0.3, -0.25) is 0 Å². The van der Waals surface area contributed by atoms with Gasteiger partial charge in [-0.2, -0.15) is 0 Å². The molecule has 0 aliphatic heterocycles. The van der Waals surface area contributed by atoms with Gasteiger partial charge < -0.3 is 8.83 Å². The van der Waals surface area contributed by atoms with Gasteiger partial charge in [0.2, 0.25) is 11.8 Å². The lowest BCUT2D eigenvalue weighted by Gasteiger charge is -2.05. The molecule has 0 N–H and O–H groups in total. The van der Waals surface area contributed by atoms with Gasteiger partial charge in [-0.1, -0.05) is 18.2 Å². The van der Waals surface area contributed by atoms with Crippen molar-refractivity contribution >= 4 is 33.0 Å². The molecule has 4 nitrogen and oxygen atoms in total. The number of oxazole rings is 2. The first-order valence-corrected chi connectivity index (χ1v) is 10.8. The average Bonchev–Trinajstić information content (AvgIpc) is 3.37. The topological polar surface area (TPSA) is 52.1 Å². The smallest absolute Gasteiger partial charge is 0.227 e. The number of aromatic nitrogens is 2. The zero-order valence-corrected chi connectivity index (χ0v) is 18.5. The molecule has 156 valence electrons. The summed E-state index contributed by atoms with van der Waals surface area (Å²) in [5, 5.41) is 2.17. The van der Waals surface area contributed by atoms with E-state index in [0.29, 0.717) is 11.8 Å². The number of rotatable bonds is 2. The van der Waals surface area contributed by atoms with Gasteiger partial charge in [0.1, 0.15) is 11.0 Å². The van der Waals surface area contributed by atoms with Gasteiger partial charge in [0.15, 0.2) is 11.2 Å². The van der Waals surface area contributed by atoms with Gasteiger partial charge in [-0.15, -0.1) is 0 Å². The summed E-state index contributed by atoms with van der Waals surface area (Å²) < 4.78 is 12.3. The van der Waals surface area contributed by atoms with Crippen molar-refractivity contribution in [3.63, 3.8) is 0 Å².